The first kappa shape index (κ1) is 25.5. The lowest BCUT2D eigenvalue weighted by atomic mass is 9.75. The van der Waals surface area contributed by atoms with Gasteiger partial charge in [0.15, 0.2) is 0 Å². The van der Waals surface area contributed by atoms with Gasteiger partial charge in [0.25, 0.3) is 0 Å². The summed E-state index contributed by atoms with van der Waals surface area (Å²) in [5.74, 6) is 1.84. The molecule has 0 aliphatic heterocycles. The summed E-state index contributed by atoms with van der Waals surface area (Å²) in [5, 5.41) is 3.81. The highest BCUT2D eigenvalue weighted by Crippen LogP contribution is 2.40. The van der Waals surface area contributed by atoms with Crippen molar-refractivity contribution in [1.29, 1.82) is 0 Å². The van der Waals surface area contributed by atoms with Gasteiger partial charge >= 0.3 is 0 Å². The Labute approximate surface area is 182 Å². The fraction of sp³-hybridized carbons (Fsp3) is 0.643. The number of allylic oxidation sites excluding steroid dienone is 6. The van der Waals surface area contributed by atoms with Crippen LogP contribution in [-0.2, 0) is 0 Å². The second-order valence-corrected chi connectivity index (χ2v) is 9.28. The quantitative estimate of drug-likeness (QED) is 0.303. The number of nitrogens with one attached hydrogen (secondary N) is 1. The summed E-state index contributed by atoms with van der Waals surface area (Å²) in [6.07, 6.45) is 17.0. The van der Waals surface area contributed by atoms with E-state index in [0.717, 1.165) is 12.5 Å². The highest BCUT2D eigenvalue weighted by molar-refractivity contribution is 5.53. The molecule has 1 nitrogen and oxygen atoms in total. The Morgan fingerprint density at radius 1 is 1.24 bits per heavy atom. The minimum Gasteiger partial charge on any atom is -0.385 e. The Bertz CT molecular complexity index is 614. The topological polar surface area (TPSA) is 12.0 Å². The summed E-state index contributed by atoms with van der Waals surface area (Å²) >= 11 is 0. The molecule has 2 unspecified atom stereocenters. The molecular formula is C28H47N. The van der Waals surface area contributed by atoms with E-state index in [9.17, 15) is 0 Å². The zero-order chi connectivity index (χ0) is 21.8. The lowest BCUT2D eigenvalue weighted by Gasteiger charge is -2.33. The molecule has 2 rings (SSSR count). The molecular weight excluding hydrogens is 350 g/mol. The van der Waals surface area contributed by atoms with Crippen LogP contribution in [0.25, 0.3) is 0 Å². The largest absolute Gasteiger partial charge is 0.385 e. The molecule has 2 aliphatic rings. The minimum absolute atomic E-state index is 0.532. The van der Waals surface area contributed by atoms with Crippen LogP contribution in [0.3, 0.4) is 0 Å². The lowest BCUT2D eigenvalue weighted by molar-refractivity contribution is 0.548. The van der Waals surface area contributed by atoms with Gasteiger partial charge in [0.1, 0.15) is 0 Å². The van der Waals surface area contributed by atoms with Crippen LogP contribution in [-0.4, -0.2) is 6.54 Å². The molecule has 0 aromatic rings. The Kier molecular flexibility index (Phi) is 12.0. The first-order chi connectivity index (χ1) is 13.8. The van der Waals surface area contributed by atoms with Crippen molar-refractivity contribution in [1.82, 2.24) is 5.32 Å². The molecule has 0 amide bonds. The second-order valence-electron chi connectivity index (χ2n) is 9.28. The van der Waals surface area contributed by atoms with Crippen LogP contribution >= 0.6 is 0 Å². The maximum Gasteiger partial charge on any atom is 0.0408 e. The zero-order valence-corrected chi connectivity index (χ0v) is 20.2. The molecule has 0 saturated heterocycles. The Balaban J connectivity index is 0.00000132. The van der Waals surface area contributed by atoms with Gasteiger partial charge in [-0.1, -0.05) is 70.9 Å². The van der Waals surface area contributed by atoms with E-state index >= 15 is 0 Å². The number of unbranched alkanes of at least 4 members (excludes halogenated alkanes) is 2. The Morgan fingerprint density at radius 2 is 1.93 bits per heavy atom. The molecule has 2 atom stereocenters. The molecule has 0 radical (unpaired) electrons. The Hall–Kier alpha value is -1.50. The summed E-state index contributed by atoms with van der Waals surface area (Å²) in [4.78, 5) is 0. The Morgan fingerprint density at radius 3 is 2.52 bits per heavy atom. The molecule has 0 aromatic heterocycles. The van der Waals surface area contributed by atoms with E-state index in [2.05, 4.69) is 65.2 Å². The van der Waals surface area contributed by atoms with Gasteiger partial charge in [-0.25, -0.2) is 0 Å². The predicted molar refractivity (Wildman–Crippen MR) is 132 cm³/mol. The smallest absolute Gasteiger partial charge is 0.0408 e. The fourth-order valence-electron chi connectivity index (χ4n) is 4.36. The average Bonchev–Trinajstić information content (AvgIpc) is 2.66. The molecule has 1 heteroatoms. The maximum absolute atomic E-state index is 4.57. The normalized spacial score (nSPS) is 22.0. The van der Waals surface area contributed by atoms with E-state index in [1.54, 1.807) is 17.2 Å². The van der Waals surface area contributed by atoms with Gasteiger partial charge in [-0.05, 0) is 80.9 Å². The standard InChI is InChI=1S/C25H41N.C3H6/c1-7-8-9-13-23-20(5)17-24(22-12-10-11-19(4)16-22)21(6)25(23)26-15-14-18(2)3;1-3-2/h16-18,20,22,26H,6-15H2,1-5H3;3H,1H2,2H3. The molecule has 2 aliphatic carbocycles. The monoisotopic (exact) mass is 397 g/mol. The van der Waals surface area contributed by atoms with Crippen molar-refractivity contribution in [3.05, 3.63) is 59.4 Å². The van der Waals surface area contributed by atoms with Crippen molar-refractivity contribution in [3.63, 3.8) is 0 Å². The zero-order valence-electron chi connectivity index (χ0n) is 20.2. The maximum atomic E-state index is 4.57. The van der Waals surface area contributed by atoms with E-state index in [4.69, 9.17) is 0 Å². The molecule has 0 aromatic carbocycles. The average molecular weight is 398 g/mol. The highest BCUT2D eigenvalue weighted by atomic mass is 14.9. The van der Waals surface area contributed by atoms with Gasteiger partial charge in [-0.2, -0.15) is 0 Å². The minimum atomic E-state index is 0.532. The predicted octanol–water partition coefficient (Wildman–Crippen LogP) is 8.53. The summed E-state index contributed by atoms with van der Waals surface area (Å²) in [5.41, 5.74) is 7.28. The molecule has 29 heavy (non-hydrogen) atoms. The third-order valence-electron chi connectivity index (χ3n) is 6.00. The van der Waals surface area contributed by atoms with Crippen molar-refractivity contribution in [2.45, 2.75) is 92.9 Å². The van der Waals surface area contributed by atoms with Crippen LogP contribution in [0.2, 0.25) is 0 Å². The number of hydrogen-bond acceptors (Lipinski definition) is 1. The van der Waals surface area contributed by atoms with E-state index in [-0.39, 0.29) is 0 Å². The second kappa shape index (κ2) is 13.7. The molecule has 0 saturated carbocycles. The van der Waals surface area contributed by atoms with Crippen LogP contribution in [0.1, 0.15) is 92.9 Å². The van der Waals surface area contributed by atoms with Gasteiger partial charge in [0, 0.05) is 18.2 Å². The van der Waals surface area contributed by atoms with E-state index < -0.39 is 0 Å². The summed E-state index contributed by atoms with van der Waals surface area (Å²) in [6.45, 7) is 22.4. The van der Waals surface area contributed by atoms with Crippen molar-refractivity contribution in [2.75, 3.05) is 6.54 Å². The number of hydrogen-bond donors (Lipinski definition) is 1. The highest BCUT2D eigenvalue weighted by Gasteiger charge is 2.27. The molecule has 0 fully saturated rings. The summed E-state index contributed by atoms with van der Waals surface area (Å²) in [7, 11) is 0. The number of rotatable bonds is 9. The van der Waals surface area contributed by atoms with Gasteiger partial charge < -0.3 is 5.32 Å². The van der Waals surface area contributed by atoms with Crippen LogP contribution < -0.4 is 5.32 Å². The van der Waals surface area contributed by atoms with E-state index in [0.29, 0.717) is 11.8 Å². The van der Waals surface area contributed by atoms with Crippen molar-refractivity contribution >= 4 is 0 Å². The molecule has 0 spiro atoms. The molecule has 0 heterocycles. The van der Waals surface area contributed by atoms with Crippen molar-refractivity contribution < 1.29 is 0 Å². The van der Waals surface area contributed by atoms with Gasteiger partial charge in [0.2, 0.25) is 0 Å². The summed E-state index contributed by atoms with van der Waals surface area (Å²) < 4.78 is 0. The molecule has 0 bridgehead atoms. The first-order valence-corrected chi connectivity index (χ1v) is 12.0. The van der Waals surface area contributed by atoms with Crippen LogP contribution in [0.4, 0.5) is 0 Å². The van der Waals surface area contributed by atoms with Crippen LogP contribution in [0.15, 0.2) is 59.4 Å². The fourth-order valence-corrected chi connectivity index (χ4v) is 4.36. The van der Waals surface area contributed by atoms with E-state index in [1.807, 2.05) is 6.92 Å². The van der Waals surface area contributed by atoms with Crippen LogP contribution in [0, 0.1) is 17.8 Å². The van der Waals surface area contributed by atoms with Gasteiger partial charge in [0.05, 0.1) is 0 Å². The first-order valence-electron chi connectivity index (χ1n) is 12.0. The SMILES string of the molecule is C=C1C(C2C=C(C)CCC2)=CC(C)C(CCCCC)=C1NCCC(C)C.C=CC. The summed E-state index contributed by atoms with van der Waals surface area (Å²) in [6, 6.07) is 0. The van der Waals surface area contributed by atoms with Gasteiger partial charge in [-0.15, -0.1) is 6.58 Å². The van der Waals surface area contributed by atoms with Crippen molar-refractivity contribution in [3.8, 4) is 0 Å². The lowest BCUT2D eigenvalue weighted by Crippen LogP contribution is -2.26. The van der Waals surface area contributed by atoms with Crippen LogP contribution in [0.5, 0.6) is 0 Å². The third-order valence-corrected chi connectivity index (χ3v) is 6.00. The van der Waals surface area contributed by atoms with E-state index in [1.165, 1.54) is 68.2 Å². The van der Waals surface area contributed by atoms with Crippen molar-refractivity contribution in [2.24, 2.45) is 17.8 Å². The third kappa shape index (κ3) is 8.41. The van der Waals surface area contributed by atoms with Gasteiger partial charge in [-0.3, -0.25) is 0 Å². The molecule has 1 N–H and O–H groups in total. The molecule has 164 valence electrons.